The molecule has 636 valence electrons. The van der Waals surface area contributed by atoms with Gasteiger partial charge < -0.3 is 122 Å². The number of carbonyl (C=O) groups is 20. The number of nitrogens with two attached hydrogens (primary N) is 3. The molecule has 43 nitrogen and oxygen atoms in total. The van der Waals surface area contributed by atoms with Crippen molar-refractivity contribution in [3.05, 3.63) is 65.9 Å². The number of hydrogen-bond acceptors (Lipinski definition) is 24. The summed E-state index contributed by atoms with van der Waals surface area (Å²) >= 11 is 0. The van der Waals surface area contributed by atoms with E-state index in [0.29, 0.717) is 35.2 Å². The number of para-hydroxylation sites is 2. The molecule has 1 aliphatic rings. The van der Waals surface area contributed by atoms with Crippen LogP contribution in [0.2, 0.25) is 0 Å². The van der Waals surface area contributed by atoms with Gasteiger partial charge in [-0.3, -0.25) is 91.1 Å². The van der Waals surface area contributed by atoms with Crippen LogP contribution in [0.3, 0.4) is 0 Å². The van der Waals surface area contributed by atoms with Gasteiger partial charge in [-0.1, -0.05) is 83.2 Å². The van der Waals surface area contributed by atoms with Crippen LogP contribution >= 0.6 is 0 Å². The Morgan fingerprint density at radius 2 is 1.11 bits per heavy atom. The molecule has 0 aliphatic carbocycles. The fraction of sp³-hybridized carbons (Fsp3) is 0.534. The van der Waals surface area contributed by atoms with Crippen LogP contribution in [-0.4, -0.2) is 248 Å². The quantitative estimate of drug-likeness (QED) is 0.0113. The molecule has 0 radical (unpaired) electrons. The van der Waals surface area contributed by atoms with Crippen LogP contribution in [0.15, 0.2) is 54.7 Å². The van der Waals surface area contributed by atoms with Crippen LogP contribution in [0, 0.1) is 11.8 Å². The van der Waals surface area contributed by atoms with Gasteiger partial charge in [0.2, 0.25) is 82.7 Å². The van der Waals surface area contributed by atoms with Crippen molar-refractivity contribution in [2.45, 2.75) is 210 Å². The highest BCUT2D eigenvalue weighted by molar-refractivity contribution is 6.05. The number of nitrogens with one attached hydrogen (secondary N) is 14. The first-order valence-electron chi connectivity index (χ1n) is 37.2. The topological polar surface area (TPSA) is 702 Å². The Kier molecular flexibility index (Phi) is 39.4. The number of aromatic nitrogens is 1. The van der Waals surface area contributed by atoms with Crippen molar-refractivity contribution < 1.29 is 126 Å². The lowest BCUT2D eigenvalue weighted by atomic mass is 9.96. The van der Waals surface area contributed by atoms with Crippen LogP contribution < -0.4 is 86.3 Å². The van der Waals surface area contributed by atoms with Gasteiger partial charge in [-0.2, -0.15) is 0 Å². The van der Waals surface area contributed by atoms with Crippen molar-refractivity contribution >= 4 is 135 Å². The first-order valence-corrected chi connectivity index (χ1v) is 37.2. The summed E-state index contributed by atoms with van der Waals surface area (Å²) in [7, 11) is 0. The molecular formula is C73H103N17O26. The molecule has 1 saturated heterocycles. The fourth-order valence-corrected chi connectivity index (χ4v) is 11.8. The van der Waals surface area contributed by atoms with E-state index < -0.39 is 261 Å². The number of aromatic amines is 1. The average molecular weight is 1630 g/mol. The van der Waals surface area contributed by atoms with Gasteiger partial charge >= 0.3 is 29.8 Å². The summed E-state index contributed by atoms with van der Waals surface area (Å²) in [5.41, 5.74) is 18.1. The average Bonchev–Trinajstić information content (AvgIpc) is 1.64. The van der Waals surface area contributed by atoms with E-state index in [0.717, 1.165) is 46.5 Å². The lowest BCUT2D eigenvalue weighted by Gasteiger charge is -2.30. The number of hydrogen-bond donors (Lipinski definition) is 22. The predicted molar refractivity (Wildman–Crippen MR) is 405 cm³/mol. The third-order valence-corrected chi connectivity index (χ3v) is 18.4. The van der Waals surface area contributed by atoms with Crippen LogP contribution in [-0.2, 0) is 102 Å². The molecule has 1 aliphatic heterocycles. The fourth-order valence-electron chi connectivity index (χ4n) is 11.8. The molecule has 14 amide bonds. The summed E-state index contributed by atoms with van der Waals surface area (Å²) in [5, 5.41) is 78.7. The van der Waals surface area contributed by atoms with Gasteiger partial charge in [-0.25, -0.2) is 4.79 Å². The molecule has 0 saturated carbocycles. The van der Waals surface area contributed by atoms with Gasteiger partial charge in [-0.15, -0.1) is 0 Å². The number of nitrogen functional groups attached to an aromatic ring is 1. The number of H-pyrrole nitrogens is 1. The van der Waals surface area contributed by atoms with Crippen molar-refractivity contribution in [2.24, 2.45) is 23.3 Å². The van der Waals surface area contributed by atoms with Gasteiger partial charge in [0, 0.05) is 47.6 Å². The second-order valence-corrected chi connectivity index (χ2v) is 27.8. The molecule has 4 rings (SSSR count). The largest absolute Gasteiger partial charge is 0.481 e. The number of aliphatic hydroxyl groups excluding tert-OH is 1. The third kappa shape index (κ3) is 32.4. The van der Waals surface area contributed by atoms with Gasteiger partial charge in [-0.05, 0) is 75.3 Å². The van der Waals surface area contributed by atoms with Crippen LogP contribution in [0.4, 0.5) is 5.69 Å². The van der Waals surface area contributed by atoms with E-state index in [2.05, 4.69) is 72.0 Å². The van der Waals surface area contributed by atoms with E-state index in [4.69, 9.17) is 21.9 Å². The zero-order valence-corrected chi connectivity index (χ0v) is 64.5. The highest BCUT2D eigenvalue weighted by Crippen LogP contribution is 2.22. The second kappa shape index (κ2) is 47.7. The van der Waals surface area contributed by atoms with Gasteiger partial charge in [0.15, 0.2) is 5.78 Å². The maximum atomic E-state index is 14.8. The van der Waals surface area contributed by atoms with Crippen molar-refractivity contribution in [3.8, 4) is 0 Å². The third-order valence-electron chi connectivity index (χ3n) is 18.4. The summed E-state index contributed by atoms with van der Waals surface area (Å²) < 4.78 is 5.68. The highest BCUT2D eigenvalue weighted by atomic mass is 16.5. The Labute approximate surface area is 663 Å². The van der Waals surface area contributed by atoms with E-state index in [1.165, 1.54) is 24.3 Å². The summed E-state index contributed by atoms with van der Waals surface area (Å²) in [4.78, 5) is 276. The zero-order chi connectivity index (χ0) is 86.6. The molecule has 43 heteroatoms. The number of ketones is 1. The van der Waals surface area contributed by atoms with Gasteiger partial charge in [0.25, 0.3) is 0 Å². The molecule has 25 N–H and O–H groups in total. The molecule has 116 heavy (non-hydrogen) atoms. The molecule has 2 unspecified atom stereocenters. The normalized spacial score (nSPS) is 21.4. The number of esters is 1. The van der Waals surface area contributed by atoms with Crippen molar-refractivity contribution in [1.82, 2.24) is 74.1 Å². The van der Waals surface area contributed by atoms with E-state index in [1.807, 2.05) is 16.0 Å². The van der Waals surface area contributed by atoms with Crippen LogP contribution in [0.25, 0.3) is 10.9 Å². The minimum Gasteiger partial charge on any atom is -0.481 e. The number of carboxylic acid groups (broad SMARTS) is 4. The molecular weight excluding hydrogens is 1530 g/mol. The first-order chi connectivity index (χ1) is 54.7. The molecule has 3 aromatic rings. The molecule has 14 atom stereocenters. The van der Waals surface area contributed by atoms with E-state index in [9.17, 15) is 121 Å². The molecule has 2 heterocycles. The monoisotopic (exact) mass is 1630 g/mol. The Morgan fingerprint density at radius 3 is 1.72 bits per heavy atom. The minimum atomic E-state index is -2.45. The number of unbranched alkanes of at least 4 members (excludes halogenated alkanes) is 3. The smallest absolute Gasteiger partial charge is 0.329 e. The maximum absolute atomic E-state index is 14.8. The number of anilines is 1. The number of Topliss-reactive ketones (excluding diaryl/α,β-unsaturated/α-hetero) is 1. The van der Waals surface area contributed by atoms with Crippen LogP contribution in [0.1, 0.15) is 147 Å². The van der Waals surface area contributed by atoms with E-state index in [1.54, 1.807) is 30.5 Å². The lowest BCUT2D eigenvalue weighted by Crippen LogP contribution is -2.62. The minimum absolute atomic E-state index is 0.0230. The SMILES string of the molecule is CCC(C)CCCCCCC(=O)N[C@@H](Cc1c[nH]c2ccccc12)C(=O)N[C@@H](CC(N)=O)C(=O)N[C@@H](CC(=O)O)C(=O)N[C@@H]1C(=O)NCC(=O)N[C@@H](CCCN)C(=O)N[C@@H](CC(=O)O)C(=O)N[C@H](C)C(=O)N[C@@H](CC(=O)O)C(=O)NCC(=O)N[C@H](CO)C(=O)N[C@@H]([C@H](C)CC(=O)O)C(=O)N[C@@H](CC(=O)c2ccccc2N)C(=O)OC1C. The Morgan fingerprint density at radius 1 is 0.560 bits per heavy atom. The first kappa shape index (κ1) is 95.7. The summed E-state index contributed by atoms with van der Waals surface area (Å²) in [6, 6.07) is -10.5. The number of cyclic esters (lactones) is 1. The van der Waals surface area contributed by atoms with Crippen molar-refractivity contribution in [2.75, 3.05) is 32.0 Å². The van der Waals surface area contributed by atoms with Gasteiger partial charge in [0.05, 0.1) is 51.8 Å². The Balaban J connectivity index is 1.87. The number of carbonyl (C=O) groups excluding carboxylic acids is 16. The molecule has 0 bridgehead atoms. The summed E-state index contributed by atoms with van der Waals surface area (Å²) in [6.45, 7) is 3.27. The van der Waals surface area contributed by atoms with Crippen molar-refractivity contribution in [1.29, 1.82) is 0 Å². The Bertz CT molecular complexity index is 4080. The number of carboxylic acids is 4. The molecule has 0 spiro atoms. The number of aliphatic carboxylic acids is 4. The standard InChI is InChI=1S/C73H103N17O26/c1-6-35(2)16-9-7-8-10-22-54(94)82-45(25-39-31-77-43-20-14-12-17-40(39)43)67(109)85-46(27-53(76)93)68(110)87-49(30-60(103)104)69(111)90-62-38(5)116-73(115)50(26-52(92)41-18-11-13-19-42(41)75)88-72(114)61(36(3)24-57(97)98)89-70(112)51(34-91)83-56(96)32-78-64(106)47(28-58(99)100)84-63(105)37(4)80-66(108)48(29-59(101)102)86-65(107)44(21-15-23-74)81-55(95)33-79-71(62)113/h11-14,17-20,31,35-38,44-51,61-62,77,91H,6-10,15-16,21-30,32-34,74-75H2,1-5H3,(H2,76,93)(H,78,106)(H,79,113)(H,80,108)(H,81,95)(H,82,94)(H,83,96)(H,84,105)(H,85,109)(H,86,107)(H,87,110)(H,88,114)(H,89,112)(H,90,111)(H,97,98)(H,99,100)(H,101,102)(H,103,104)/t35?,36-,37-,38?,44+,45+,46+,47+,48+,49+,50+,51-,61+,62+/m1/s1. The molecule has 1 fully saturated rings. The number of primary amides is 1. The second-order valence-electron chi connectivity index (χ2n) is 27.8. The Hall–Kier alpha value is -12.7. The molecule has 2 aromatic carbocycles. The van der Waals surface area contributed by atoms with Gasteiger partial charge in [0.1, 0.15) is 72.6 Å². The number of rotatable bonds is 35. The maximum Gasteiger partial charge on any atom is 0.329 e. The molecule has 1 aromatic heterocycles. The zero-order valence-electron chi connectivity index (χ0n) is 64.5. The van der Waals surface area contributed by atoms with E-state index in [-0.39, 0.29) is 37.1 Å². The number of benzene rings is 2. The van der Waals surface area contributed by atoms with Crippen molar-refractivity contribution in [3.63, 3.8) is 0 Å². The van der Waals surface area contributed by atoms with E-state index >= 15 is 0 Å². The number of amides is 14. The lowest BCUT2D eigenvalue weighted by molar-refractivity contribution is -0.156. The number of aliphatic hydroxyl groups is 1. The predicted octanol–water partition coefficient (Wildman–Crippen LogP) is -5.38. The number of fused-ring (bicyclic) bond motifs is 1. The van der Waals surface area contributed by atoms with Crippen LogP contribution in [0.5, 0.6) is 0 Å². The number of ether oxygens (including phenoxy) is 1. The summed E-state index contributed by atoms with van der Waals surface area (Å²) in [5.74, 6) is -29.2. The highest BCUT2D eigenvalue weighted by Gasteiger charge is 2.41. The summed E-state index contributed by atoms with van der Waals surface area (Å²) in [6.07, 6.45) is -3.45.